The molecule has 15 heteroatoms. The predicted molar refractivity (Wildman–Crippen MR) is 182 cm³/mol. The number of phenols is 2. The normalized spacial score (nSPS) is 13.7. The Bertz CT molecular complexity index is 2170. The Labute approximate surface area is 300 Å². The molecule has 0 radical (unpaired) electrons. The smallest absolute Gasteiger partial charge is 0.347 e. The van der Waals surface area contributed by atoms with Crippen molar-refractivity contribution in [3.05, 3.63) is 124 Å². The Morgan fingerprint density at radius 3 is 2.19 bits per heavy atom. The number of fused-ring (bicyclic) bond motifs is 2. The minimum atomic E-state index is -1.60. The van der Waals surface area contributed by atoms with E-state index in [0.29, 0.717) is 17.7 Å². The molecule has 1 heterocycles. The van der Waals surface area contributed by atoms with Gasteiger partial charge in [0.2, 0.25) is 5.78 Å². The van der Waals surface area contributed by atoms with Crippen LogP contribution < -0.4 is 9.47 Å². The van der Waals surface area contributed by atoms with Crippen molar-refractivity contribution in [3.63, 3.8) is 0 Å². The molecule has 0 spiro atoms. The molecular weight excluding hydrogens is 696 g/mol. The molecule has 15 nitrogen and oxygen atoms in total. The third kappa shape index (κ3) is 8.04. The number of aromatic carboxylic acids is 1. The maximum Gasteiger partial charge on any atom is 0.347 e. The second-order valence-electron chi connectivity index (χ2n) is 11.2. The van der Waals surface area contributed by atoms with Crippen LogP contribution in [0, 0.1) is 13.8 Å². The Morgan fingerprint density at radius 2 is 1.60 bits per heavy atom. The fourth-order valence-corrected chi connectivity index (χ4v) is 5.38. The number of ether oxygens (including phenoxy) is 4. The first-order valence-electron chi connectivity index (χ1n) is 15.3. The summed E-state index contributed by atoms with van der Waals surface area (Å²) in [7, 11) is 1.37. The van der Waals surface area contributed by atoms with Crippen molar-refractivity contribution >= 4 is 41.7 Å². The van der Waals surface area contributed by atoms with Gasteiger partial charge in [0.15, 0.2) is 35.1 Å². The fourth-order valence-electron chi connectivity index (χ4n) is 5.38. The van der Waals surface area contributed by atoms with Gasteiger partial charge in [0.1, 0.15) is 29.2 Å². The van der Waals surface area contributed by atoms with Gasteiger partial charge in [0, 0.05) is 35.3 Å². The van der Waals surface area contributed by atoms with Gasteiger partial charge in [-0.05, 0) is 37.1 Å². The van der Waals surface area contributed by atoms with E-state index in [1.54, 1.807) is 6.08 Å². The molecule has 0 amide bonds. The summed E-state index contributed by atoms with van der Waals surface area (Å²) in [5.41, 5.74) is -0.449. The van der Waals surface area contributed by atoms with Crippen LogP contribution in [-0.2, 0) is 35.3 Å². The summed E-state index contributed by atoms with van der Waals surface area (Å²) in [6.07, 6.45) is 5.54. The van der Waals surface area contributed by atoms with Crippen LogP contribution in [-0.4, -0.2) is 69.3 Å². The predicted octanol–water partition coefficient (Wildman–Crippen LogP) is 4.80. The molecule has 4 N–H and O–H groups in total. The molecule has 1 aliphatic heterocycles. The van der Waals surface area contributed by atoms with Gasteiger partial charge >= 0.3 is 23.9 Å². The molecule has 53 heavy (non-hydrogen) atoms. The van der Waals surface area contributed by atoms with Gasteiger partial charge in [0.05, 0.1) is 18.2 Å². The van der Waals surface area contributed by atoms with E-state index < -0.39 is 70.2 Å². The number of aromatic hydroxyl groups is 2. The molecule has 5 rings (SSSR count). The number of carbonyl (C=O) groups is 7. The van der Waals surface area contributed by atoms with Gasteiger partial charge in [-0.2, -0.15) is 0 Å². The third-order valence-corrected chi connectivity index (χ3v) is 7.89. The summed E-state index contributed by atoms with van der Waals surface area (Å²) >= 11 is 0. The van der Waals surface area contributed by atoms with Crippen LogP contribution >= 0.6 is 0 Å². The Morgan fingerprint density at radius 1 is 0.925 bits per heavy atom. The number of esters is 2. The number of hydrogen-bond donors (Lipinski definition) is 4. The van der Waals surface area contributed by atoms with Crippen LogP contribution in [0.25, 0.3) is 0 Å². The van der Waals surface area contributed by atoms with Crippen molar-refractivity contribution in [2.75, 3.05) is 7.11 Å². The number of rotatable bonds is 10. The van der Waals surface area contributed by atoms with E-state index in [1.165, 1.54) is 33.1 Å². The highest BCUT2D eigenvalue weighted by atomic mass is 16.6. The van der Waals surface area contributed by atoms with Crippen molar-refractivity contribution < 1.29 is 72.9 Å². The minimum absolute atomic E-state index is 0.0737. The molecule has 2 aliphatic rings. The second-order valence-corrected chi connectivity index (χ2v) is 11.2. The summed E-state index contributed by atoms with van der Waals surface area (Å²) in [5.74, 6) is -8.63. The largest absolute Gasteiger partial charge is 0.507 e. The molecular formula is C38H30O15. The Kier molecular flexibility index (Phi) is 11.7. The molecule has 1 unspecified atom stereocenters. The maximum absolute atomic E-state index is 12.9. The summed E-state index contributed by atoms with van der Waals surface area (Å²) in [5, 5.41) is 38.9. The lowest BCUT2D eigenvalue weighted by atomic mass is 9.85. The number of aryl methyl sites for hydroxylation is 1. The molecule has 0 saturated heterocycles. The molecule has 1 atom stereocenters. The minimum Gasteiger partial charge on any atom is -0.507 e. The van der Waals surface area contributed by atoms with Crippen LogP contribution in [0.4, 0.5) is 0 Å². The zero-order chi connectivity index (χ0) is 39.1. The third-order valence-electron chi connectivity index (χ3n) is 7.89. The second kappa shape index (κ2) is 16.2. The quantitative estimate of drug-likeness (QED) is 0.0548. The van der Waals surface area contributed by atoms with E-state index in [1.807, 2.05) is 30.3 Å². The van der Waals surface area contributed by atoms with E-state index in [2.05, 4.69) is 6.58 Å². The maximum atomic E-state index is 12.9. The summed E-state index contributed by atoms with van der Waals surface area (Å²) in [6, 6.07) is 10.6. The zero-order valence-corrected chi connectivity index (χ0v) is 28.2. The van der Waals surface area contributed by atoms with Crippen molar-refractivity contribution in [2.45, 2.75) is 26.4 Å². The summed E-state index contributed by atoms with van der Waals surface area (Å²) in [6.45, 7) is 5.58. The first-order valence-corrected chi connectivity index (χ1v) is 15.3. The first kappa shape index (κ1) is 38.5. The fraction of sp³-hybridized carbons (Fsp3) is 0.132. The standard InChI is InChI=1S/C22H16O12.C16H14O3/c1-8-5-12(24)10(6-23)19-15(8)22(31)34-20-11(7-32-14(27)4-3-13(25)26)17(28)16(21(29)30)9(2)18(20)33-19;1-3-12(11-7-5-4-6-8-11)13-9-15(18)16(19-2)10-14(13)17/h3-6,24,28H,7H2,1-2H3,(H,25,26)(H,29,30);3-10,12H,1H2,2H3. The van der Waals surface area contributed by atoms with Crippen molar-refractivity contribution in [1.82, 2.24) is 0 Å². The van der Waals surface area contributed by atoms with Crippen LogP contribution in [0.3, 0.4) is 0 Å². The zero-order valence-electron chi connectivity index (χ0n) is 28.2. The number of benzene rings is 3. The molecule has 272 valence electrons. The molecule has 0 aromatic heterocycles. The number of carboxylic acids is 2. The van der Waals surface area contributed by atoms with E-state index in [-0.39, 0.29) is 52.0 Å². The SMILES string of the molecule is C=CC(C1=CC(=O)C(OC)=CC1=O)c1ccccc1.Cc1cc(O)c(C=O)c2c1C(=O)Oc1c(COC(=O)C=CC(=O)O)c(O)c(C(=O)O)c(C)c1O2. The van der Waals surface area contributed by atoms with Gasteiger partial charge in [-0.15, -0.1) is 6.58 Å². The molecule has 1 aliphatic carbocycles. The monoisotopic (exact) mass is 726 g/mol. The Hall–Kier alpha value is -7.29. The number of methoxy groups -OCH3 is 1. The number of aldehydes is 1. The van der Waals surface area contributed by atoms with Crippen LogP contribution in [0.2, 0.25) is 0 Å². The highest BCUT2D eigenvalue weighted by molar-refractivity contribution is 6.19. The van der Waals surface area contributed by atoms with Crippen molar-refractivity contribution in [2.24, 2.45) is 0 Å². The molecule has 0 bridgehead atoms. The Balaban J connectivity index is 0.000000278. The van der Waals surface area contributed by atoms with E-state index >= 15 is 0 Å². The summed E-state index contributed by atoms with van der Waals surface area (Å²) in [4.78, 5) is 82.5. The van der Waals surface area contributed by atoms with Crippen LogP contribution in [0.15, 0.2) is 84.7 Å². The molecule has 3 aromatic carbocycles. The van der Waals surface area contributed by atoms with Gasteiger partial charge < -0.3 is 39.4 Å². The molecule has 0 saturated carbocycles. The lowest BCUT2D eigenvalue weighted by molar-refractivity contribution is -0.139. The number of carbonyl (C=O) groups excluding carboxylic acids is 5. The number of hydrogen-bond acceptors (Lipinski definition) is 13. The highest BCUT2D eigenvalue weighted by Crippen LogP contribution is 2.50. The first-order chi connectivity index (χ1) is 25.1. The molecule has 3 aromatic rings. The number of ketones is 2. The highest BCUT2D eigenvalue weighted by Gasteiger charge is 2.36. The molecule has 0 fully saturated rings. The number of aliphatic carboxylic acids is 1. The van der Waals surface area contributed by atoms with Gasteiger partial charge in [-0.1, -0.05) is 36.4 Å². The number of phenolic OH excluding ortho intramolecular Hbond substituents is 1. The van der Waals surface area contributed by atoms with Gasteiger partial charge in [-0.25, -0.2) is 19.2 Å². The van der Waals surface area contributed by atoms with Crippen LogP contribution in [0.5, 0.6) is 28.7 Å². The van der Waals surface area contributed by atoms with Gasteiger partial charge in [-0.3, -0.25) is 14.4 Å². The lowest BCUT2D eigenvalue weighted by Crippen LogP contribution is -2.18. The van der Waals surface area contributed by atoms with E-state index in [0.717, 1.165) is 11.6 Å². The van der Waals surface area contributed by atoms with E-state index in [9.17, 15) is 48.9 Å². The lowest BCUT2D eigenvalue weighted by Gasteiger charge is -2.18. The number of allylic oxidation sites excluding steroid dienone is 4. The summed E-state index contributed by atoms with van der Waals surface area (Å²) < 4.78 is 20.8. The van der Waals surface area contributed by atoms with Crippen molar-refractivity contribution in [3.8, 4) is 28.7 Å². The van der Waals surface area contributed by atoms with E-state index in [4.69, 9.17) is 24.1 Å². The topological polar surface area (TPSA) is 237 Å². The average Bonchev–Trinajstić information content (AvgIpc) is 3.26. The average molecular weight is 727 g/mol. The number of carboxylic acid groups (broad SMARTS) is 2. The van der Waals surface area contributed by atoms with Crippen molar-refractivity contribution in [1.29, 1.82) is 0 Å². The van der Waals surface area contributed by atoms with Crippen LogP contribution in [0.1, 0.15) is 59.2 Å². The van der Waals surface area contributed by atoms with Gasteiger partial charge in [0.25, 0.3) is 0 Å².